The molecule has 0 saturated carbocycles. The third-order valence-electron chi connectivity index (χ3n) is 1.60. The van der Waals surface area contributed by atoms with Crippen molar-refractivity contribution >= 4 is 5.78 Å². The van der Waals surface area contributed by atoms with Gasteiger partial charge in [-0.15, -0.1) is 0 Å². The van der Waals surface area contributed by atoms with E-state index in [9.17, 15) is 18.0 Å². The van der Waals surface area contributed by atoms with E-state index >= 15 is 0 Å². The highest BCUT2D eigenvalue weighted by atomic mass is 19.4. The van der Waals surface area contributed by atoms with Gasteiger partial charge in [0.25, 0.3) is 0 Å². The molecule has 1 nitrogen and oxygen atoms in total. The van der Waals surface area contributed by atoms with Crippen LogP contribution in [-0.4, -0.2) is 5.78 Å². The Bertz CT molecular complexity index is 342. The Hall–Kier alpha value is -1.32. The van der Waals surface area contributed by atoms with E-state index in [0.717, 1.165) is 12.1 Å². The summed E-state index contributed by atoms with van der Waals surface area (Å²) in [6, 6.07) is 4.37. The van der Waals surface area contributed by atoms with Crippen LogP contribution in [0.2, 0.25) is 0 Å². The van der Waals surface area contributed by atoms with E-state index in [-0.39, 0.29) is 11.3 Å². The second-order valence-electron chi connectivity index (χ2n) is 3.34. The first-order valence-corrected chi connectivity index (χ1v) is 5.01. The highest BCUT2D eigenvalue weighted by Crippen LogP contribution is 2.29. The average molecular weight is 232 g/mol. The van der Waals surface area contributed by atoms with Crippen LogP contribution in [0.5, 0.6) is 0 Å². The summed E-state index contributed by atoms with van der Waals surface area (Å²) in [5, 5.41) is 0. The molecule has 0 heterocycles. The van der Waals surface area contributed by atoms with Gasteiger partial charge in [0.2, 0.25) is 0 Å². The fraction of sp³-hybridized carbons (Fsp3) is 0.417. The molecule has 0 aliphatic rings. The summed E-state index contributed by atoms with van der Waals surface area (Å²) in [5.74, 6) is -0.369. The average Bonchev–Trinajstić information content (AvgIpc) is 2.18. The molecule has 0 fully saturated rings. The van der Waals surface area contributed by atoms with Crippen LogP contribution in [0.4, 0.5) is 13.2 Å². The van der Waals surface area contributed by atoms with E-state index < -0.39 is 11.7 Å². The van der Waals surface area contributed by atoms with E-state index in [4.69, 9.17) is 0 Å². The second kappa shape index (κ2) is 6.30. The van der Waals surface area contributed by atoms with Crippen molar-refractivity contribution in [3.8, 4) is 0 Å². The van der Waals surface area contributed by atoms with E-state index in [2.05, 4.69) is 13.8 Å². The van der Waals surface area contributed by atoms with Crippen molar-refractivity contribution < 1.29 is 18.0 Å². The lowest BCUT2D eigenvalue weighted by Gasteiger charge is -2.06. The van der Waals surface area contributed by atoms with Crippen molar-refractivity contribution in [2.75, 3.05) is 0 Å². The molecule has 0 radical (unpaired) electrons. The lowest BCUT2D eigenvalue weighted by atomic mass is 10.1. The van der Waals surface area contributed by atoms with Gasteiger partial charge in [0, 0.05) is 5.56 Å². The fourth-order valence-electron chi connectivity index (χ4n) is 0.915. The summed E-state index contributed by atoms with van der Waals surface area (Å²) in [7, 11) is 0. The van der Waals surface area contributed by atoms with Crippen LogP contribution in [0.25, 0.3) is 0 Å². The third kappa shape index (κ3) is 4.96. The number of carbonyl (C=O) groups is 1. The second-order valence-corrected chi connectivity index (χ2v) is 3.34. The molecule has 0 aromatic heterocycles. The van der Waals surface area contributed by atoms with Crippen LogP contribution in [0.1, 0.15) is 43.1 Å². The molecule has 1 rings (SSSR count). The van der Waals surface area contributed by atoms with Gasteiger partial charge in [-0.25, -0.2) is 0 Å². The molecule has 4 heteroatoms. The van der Waals surface area contributed by atoms with Crippen molar-refractivity contribution in [3.63, 3.8) is 0 Å². The number of carbonyl (C=O) groups excluding carboxylic acids is 1. The molecule has 0 unspecified atom stereocenters. The van der Waals surface area contributed by atoms with Gasteiger partial charge in [-0.3, -0.25) is 4.79 Å². The topological polar surface area (TPSA) is 17.1 Å². The third-order valence-corrected chi connectivity index (χ3v) is 1.60. The zero-order chi connectivity index (χ0) is 12.8. The Kier molecular flexibility index (Phi) is 5.78. The van der Waals surface area contributed by atoms with Crippen LogP contribution in [0.3, 0.4) is 0 Å². The van der Waals surface area contributed by atoms with Gasteiger partial charge >= 0.3 is 6.18 Å². The van der Waals surface area contributed by atoms with Crippen molar-refractivity contribution in [1.29, 1.82) is 0 Å². The number of Topliss-reactive ketones (excluding diaryl/α,β-unsaturated/α-hetero) is 1. The fourth-order valence-corrected chi connectivity index (χ4v) is 0.915. The highest BCUT2D eigenvalue weighted by Gasteiger charge is 2.30. The number of hydrogen-bond acceptors (Lipinski definition) is 1. The zero-order valence-corrected chi connectivity index (χ0v) is 9.56. The molecular formula is C12H15F3O. The molecule has 1 aromatic carbocycles. The van der Waals surface area contributed by atoms with Crippen LogP contribution in [0.15, 0.2) is 24.3 Å². The lowest BCUT2D eigenvalue weighted by Crippen LogP contribution is -2.06. The van der Waals surface area contributed by atoms with Crippen molar-refractivity contribution in [2.24, 2.45) is 0 Å². The van der Waals surface area contributed by atoms with Crippen LogP contribution < -0.4 is 0 Å². The molecule has 0 aliphatic carbocycles. The Morgan fingerprint density at radius 1 is 1.25 bits per heavy atom. The molecular weight excluding hydrogens is 217 g/mol. The minimum absolute atomic E-state index is 0.0785. The molecule has 1 aromatic rings. The van der Waals surface area contributed by atoms with Gasteiger partial charge in [0.05, 0.1) is 5.56 Å². The SMILES string of the molecule is CC(=O)c1cccc(C(F)(F)F)c1.CCC. The summed E-state index contributed by atoms with van der Waals surface area (Å²) < 4.78 is 36.4. The number of alkyl halides is 3. The Morgan fingerprint density at radius 2 is 1.75 bits per heavy atom. The number of halogens is 3. The van der Waals surface area contributed by atoms with E-state index in [1.807, 2.05) is 0 Å². The Labute approximate surface area is 93.3 Å². The van der Waals surface area contributed by atoms with Gasteiger partial charge in [0.15, 0.2) is 5.78 Å². The van der Waals surface area contributed by atoms with Crippen LogP contribution >= 0.6 is 0 Å². The predicted octanol–water partition coefficient (Wildman–Crippen LogP) is 4.32. The molecule has 0 aliphatic heterocycles. The largest absolute Gasteiger partial charge is 0.416 e. The monoisotopic (exact) mass is 232 g/mol. The van der Waals surface area contributed by atoms with Crippen LogP contribution in [0, 0.1) is 0 Å². The maximum absolute atomic E-state index is 12.1. The first kappa shape index (κ1) is 14.7. The molecule has 0 N–H and O–H groups in total. The Morgan fingerprint density at radius 3 is 2.12 bits per heavy atom. The summed E-state index contributed by atoms with van der Waals surface area (Å²) in [5.41, 5.74) is -0.713. The lowest BCUT2D eigenvalue weighted by molar-refractivity contribution is -0.137. The first-order chi connectivity index (χ1) is 7.32. The normalized spacial score (nSPS) is 10.4. The maximum Gasteiger partial charge on any atom is 0.416 e. The molecule has 0 spiro atoms. The standard InChI is InChI=1S/C9H7F3O.C3H8/c1-6(13)7-3-2-4-8(5-7)9(10,11)12;1-3-2/h2-5H,1H3;3H2,1-2H3. The summed E-state index contributed by atoms with van der Waals surface area (Å²) >= 11 is 0. The summed E-state index contributed by atoms with van der Waals surface area (Å²) in [4.78, 5) is 10.8. The van der Waals surface area contributed by atoms with Crippen LogP contribution in [-0.2, 0) is 6.18 Å². The predicted molar refractivity (Wildman–Crippen MR) is 57.4 cm³/mol. The Balaban J connectivity index is 0.000000673. The molecule has 90 valence electrons. The zero-order valence-electron chi connectivity index (χ0n) is 9.56. The van der Waals surface area contributed by atoms with Gasteiger partial charge in [-0.2, -0.15) is 13.2 Å². The van der Waals surface area contributed by atoms with Crippen molar-refractivity contribution in [2.45, 2.75) is 33.4 Å². The summed E-state index contributed by atoms with van der Waals surface area (Å²) in [6.45, 7) is 5.48. The first-order valence-electron chi connectivity index (χ1n) is 5.01. The quantitative estimate of drug-likeness (QED) is 0.659. The number of hydrogen-bond donors (Lipinski definition) is 0. The number of ketones is 1. The highest BCUT2D eigenvalue weighted by molar-refractivity contribution is 5.94. The van der Waals surface area contributed by atoms with Gasteiger partial charge < -0.3 is 0 Å². The van der Waals surface area contributed by atoms with E-state index in [0.29, 0.717) is 0 Å². The maximum atomic E-state index is 12.1. The molecule has 16 heavy (non-hydrogen) atoms. The van der Waals surface area contributed by atoms with Gasteiger partial charge in [0.1, 0.15) is 0 Å². The number of benzene rings is 1. The minimum Gasteiger partial charge on any atom is -0.295 e. The minimum atomic E-state index is -4.38. The van der Waals surface area contributed by atoms with E-state index in [1.165, 1.54) is 25.5 Å². The van der Waals surface area contributed by atoms with Gasteiger partial charge in [-0.05, 0) is 19.1 Å². The van der Waals surface area contributed by atoms with Gasteiger partial charge in [-0.1, -0.05) is 32.4 Å². The molecule has 0 atom stereocenters. The molecule has 0 saturated heterocycles. The van der Waals surface area contributed by atoms with Crippen molar-refractivity contribution in [3.05, 3.63) is 35.4 Å². The molecule has 0 amide bonds. The smallest absolute Gasteiger partial charge is 0.295 e. The number of rotatable bonds is 1. The van der Waals surface area contributed by atoms with E-state index in [1.54, 1.807) is 0 Å². The molecule has 0 bridgehead atoms. The summed E-state index contributed by atoms with van der Waals surface area (Å²) in [6.07, 6.45) is -3.13. The van der Waals surface area contributed by atoms with Crippen molar-refractivity contribution in [1.82, 2.24) is 0 Å².